The molecule has 2 aromatic carbocycles. The number of allylic oxidation sites excluding steroid dienone is 2. The third-order valence-electron chi connectivity index (χ3n) is 6.52. The monoisotopic (exact) mass is 458 g/mol. The van der Waals surface area contributed by atoms with Gasteiger partial charge in [0.2, 0.25) is 5.95 Å². The van der Waals surface area contributed by atoms with Gasteiger partial charge in [-0.15, -0.1) is 5.10 Å². The van der Waals surface area contributed by atoms with Crippen molar-refractivity contribution in [2.24, 2.45) is 0 Å². The number of hydrogen-bond donors (Lipinski definition) is 1. The molecule has 0 bridgehead atoms. The molecule has 0 saturated heterocycles. The molecule has 0 amide bonds. The second kappa shape index (κ2) is 8.74. The van der Waals surface area contributed by atoms with Gasteiger partial charge in [-0.3, -0.25) is 14.9 Å². The molecule has 1 aliphatic heterocycles. The Kier molecular flexibility index (Phi) is 5.61. The van der Waals surface area contributed by atoms with Gasteiger partial charge < -0.3 is 10.2 Å². The van der Waals surface area contributed by atoms with Gasteiger partial charge >= 0.3 is 0 Å². The first-order chi connectivity index (χ1) is 16.5. The van der Waals surface area contributed by atoms with Gasteiger partial charge in [0, 0.05) is 54.2 Å². The van der Waals surface area contributed by atoms with Gasteiger partial charge in [0.1, 0.15) is 6.04 Å². The number of nitro benzene ring substituents is 1. The Hall–Kier alpha value is -4.01. The molecular weight excluding hydrogens is 432 g/mol. The number of non-ortho nitro benzene ring substituents is 1. The summed E-state index contributed by atoms with van der Waals surface area (Å²) in [5, 5.41) is 19.5. The molecule has 1 unspecified atom stereocenters. The SMILES string of the molecule is CCN(CC)c1ccc(-c2nc3n(n2)C(c2cccc([N+](=O)[O-])c2)C2=C(CCCC2=O)N3)cc1. The maximum absolute atomic E-state index is 13.0. The van der Waals surface area contributed by atoms with Crippen LogP contribution in [0.1, 0.15) is 44.7 Å². The third kappa shape index (κ3) is 3.72. The van der Waals surface area contributed by atoms with Crippen molar-refractivity contribution >= 4 is 23.1 Å². The van der Waals surface area contributed by atoms with Crippen molar-refractivity contribution in [1.82, 2.24) is 14.8 Å². The van der Waals surface area contributed by atoms with E-state index in [1.165, 1.54) is 12.1 Å². The second-order valence-corrected chi connectivity index (χ2v) is 8.47. The number of hydrogen-bond acceptors (Lipinski definition) is 7. The minimum Gasteiger partial charge on any atom is -0.372 e. The van der Waals surface area contributed by atoms with Crippen LogP contribution in [0.25, 0.3) is 11.4 Å². The molecule has 9 nitrogen and oxygen atoms in total. The highest BCUT2D eigenvalue weighted by Gasteiger charge is 2.37. The fraction of sp³-hybridized carbons (Fsp3) is 0.320. The molecule has 1 N–H and O–H groups in total. The van der Waals surface area contributed by atoms with E-state index >= 15 is 0 Å². The number of benzene rings is 2. The molecule has 3 aromatic rings. The summed E-state index contributed by atoms with van der Waals surface area (Å²) in [5.74, 6) is 1.11. The van der Waals surface area contributed by atoms with Crippen LogP contribution in [0.5, 0.6) is 0 Å². The summed E-state index contributed by atoms with van der Waals surface area (Å²) in [6.45, 7) is 6.09. The zero-order valence-electron chi connectivity index (χ0n) is 19.2. The Morgan fingerprint density at radius 1 is 1.15 bits per heavy atom. The van der Waals surface area contributed by atoms with Crippen molar-refractivity contribution < 1.29 is 9.72 Å². The Labute approximate surface area is 197 Å². The average Bonchev–Trinajstić information content (AvgIpc) is 3.28. The van der Waals surface area contributed by atoms with E-state index in [9.17, 15) is 14.9 Å². The number of carbonyl (C=O) groups excluding carboxylic acids is 1. The van der Waals surface area contributed by atoms with Gasteiger partial charge in [-0.2, -0.15) is 4.98 Å². The van der Waals surface area contributed by atoms with E-state index < -0.39 is 11.0 Å². The van der Waals surface area contributed by atoms with Crippen molar-refractivity contribution in [1.29, 1.82) is 0 Å². The van der Waals surface area contributed by atoms with Crippen LogP contribution >= 0.6 is 0 Å². The smallest absolute Gasteiger partial charge is 0.269 e. The lowest BCUT2D eigenvalue weighted by Crippen LogP contribution is -2.31. The van der Waals surface area contributed by atoms with E-state index in [1.807, 2.05) is 12.1 Å². The Bertz CT molecular complexity index is 1290. The van der Waals surface area contributed by atoms with Crippen LogP contribution in [-0.2, 0) is 4.79 Å². The van der Waals surface area contributed by atoms with Crippen LogP contribution in [0, 0.1) is 10.1 Å². The number of anilines is 2. The van der Waals surface area contributed by atoms with Gasteiger partial charge in [0.15, 0.2) is 11.6 Å². The number of nitro groups is 1. The highest BCUT2D eigenvalue weighted by molar-refractivity contribution is 5.99. The van der Waals surface area contributed by atoms with Gasteiger partial charge in [-0.1, -0.05) is 12.1 Å². The molecule has 5 rings (SSSR count). The van der Waals surface area contributed by atoms with Crippen LogP contribution in [0.3, 0.4) is 0 Å². The second-order valence-electron chi connectivity index (χ2n) is 8.47. The summed E-state index contributed by atoms with van der Waals surface area (Å²) in [4.78, 5) is 31.0. The van der Waals surface area contributed by atoms with E-state index in [1.54, 1.807) is 16.8 Å². The van der Waals surface area contributed by atoms with E-state index in [2.05, 4.69) is 36.2 Å². The first-order valence-electron chi connectivity index (χ1n) is 11.6. The lowest BCUT2D eigenvalue weighted by Gasteiger charge is -2.32. The Balaban J connectivity index is 1.59. The minimum absolute atomic E-state index is 0.0182. The number of ketones is 1. The zero-order valence-corrected chi connectivity index (χ0v) is 19.2. The maximum atomic E-state index is 13.0. The summed E-state index contributed by atoms with van der Waals surface area (Å²) < 4.78 is 1.69. The van der Waals surface area contributed by atoms with Gasteiger partial charge in [-0.25, -0.2) is 4.68 Å². The maximum Gasteiger partial charge on any atom is 0.269 e. The molecule has 1 aromatic heterocycles. The van der Waals surface area contributed by atoms with Gasteiger partial charge in [0.05, 0.1) is 4.92 Å². The molecule has 0 spiro atoms. The number of nitrogens with zero attached hydrogens (tertiary/aromatic N) is 5. The van der Waals surface area contributed by atoms with Crippen LogP contribution in [0.2, 0.25) is 0 Å². The highest BCUT2D eigenvalue weighted by atomic mass is 16.6. The van der Waals surface area contributed by atoms with Crippen molar-refractivity contribution in [3.63, 3.8) is 0 Å². The summed E-state index contributed by atoms with van der Waals surface area (Å²) in [6, 6.07) is 14.0. The Morgan fingerprint density at radius 3 is 2.62 bits per heavy atom. The van der Waals surface area contributed by atoms with Crippen LogP contribution < -0.4 is 10.2 Å². The van der Waals surface area contributed by atoms with Crippen LogP contribution in [0.15, 0.2) is 59.8 Å². The molecule has 0 fully saturated rings. The highest BCUT2D eigenvalue weighted by Crippen LogP contribution is 2.41. The molecule has 34 heavy (non-hydrogen) atoms. The predicted molar refractivity (Wildman–Crippen MR) is 130 cm³/mol. The summed E-state index contributed by atoms with van der Waals surface area (Å²) in [6.07, 6.45) is 1.95. The molecule has 174 valence electrons. The number of fused-ring (bicyclic) bond motifs is 1. The third-order valence-corrected chi connectivity index (χ3v) is 6.52. The van der Waals surface area contributed by atoms with Crippen molar-refractivity contribution in [3.8, 4) is 11.4 Å². The number of nitrogens with one attached hydrogen (secondary N) is 1. The number of Topliss-reactive ketones (excluding diaryl/α,β-unsaturated/α-hetero) is 1. The first-order valence-corrected chi connectivity index (χ1v) is 11.6. The number of rotatable bonds is 6. The quantitative estimate of drug-likeness (QED) is 0.421. The molecule has 2 aliphatic rings. The molecule has 1 atom stereocenters. The van der Waals surface area contributed by atoms with E-state index in [4.69, 9.17) is 10.1 Å². The molecular formula is C25H26N6O3. The minimum atomic E-state index is -0.560. The summed E-state index contributed by atoms with van der Waals surface area (Å²) >= 11 is 0. The van der Waals surface area contributed by atoms with Gasteiger partial charge in [0.25, 0.3) is 5.69 Å². The van der Waals surface area contributed by atoms with Crippen LogP contribution in [-0.4, -0.2) is 38.6 Å². The van der Waals surface area contributed by atoms with Crippen molar-refractivity contribution in [2.45, 2.75) is 39.2 Å². The lowest BCUT2D eigenvalue weighted by molar-refractivity contribution is -0.384. The molecule has 0 radical (unpaired) electrons. The summed E-state index contributed by atoms with van der Waals surface area (Å²) in [5.41, 5.74) is 4.07. The predicted octanol–water partition coefficient (Wildman–Crippen LogP) is 4.72. The molecule has 0 saturated carbocycles. The first kappa shape index (κ1) is 21.8. The van der Waals surface area contributed by atoms with E-state index in [0.717, 1.165) is 42.9 Å². The van der Waals surface area contributed by atoms with Crippen molar-refractivity contribution in [3.05, 3.63) is 75.5 Å². The van der Waals surface area contributed by atoms with Crippen LogP contribution in [0.4, 0.5) is 17.3 Å². The largest absolute Gasteiger partial charge is 0.372 e. The lowest BCUT2D eigenvalue weighted by atomic mass is 9.85. The van der Waals surface area contributed by atoms with E-state index in [-0.39, 0.29) is 11.5 Å². The zero-order chi connectivity index (χ0) is 23.8. The standard InChI is InChI=1S/C25H26N6O3/c1-3-29(4-2)18-13-11-16(12-14-18)24-27-25-26-20-9-6-10-21(32)22(20)23(30(25)28-24)17-7-5-8-19(15-17)31(33)34/h5,7-8,11-15,23H,3-4,6,9-10H2,1-2H3,(H,26,27,28). The number of aromatic nitrogens is 3. The summed E-state index contributed by atoms with van der Waals surface area (Å²) in [7, 11) is 0. The fourth-order valence-electron chi connectivity index (χ4n) is 4.81. The van der Waals surface area contributed by atoms with Crippen molar-refractivity contribution in [2.75, 3.05) is 23.3 Å². The molecule has 1 aliphatic carbocycles. The fourth-order valence-corrected chi connectivity index (χ4v) is 4.81. The topological polar surface area (TPSA) is 106 Å². The van der Waals surface area contributed by atoms with Gasteiger partial charge in [-0.05, 0) is 56.5 Å². The molecule has 2 heterocycles. The normalized spacial score (nSPS) is 17.1. The molecule has 9 heteroatoms. The Morgan fingerprint density at radius 2 is 1.91 bits per heavy atom. The average molecular weight is 459 g/mol. The number of carbonyl (C=O) groups is 1. The van der Waals surface area contributed by atoms with E-state index in [0.29, 0.717) is 29.3 Å².